The fourth-order valence-corrected chi connectivity index (χ4v) is 3.61. The molecule has 0 radical (unpaired) electrons. The Hall–Kier alpha value is -4.08. The number of allylic oxidation sites excluding steroid dienone is 1. The second-order valence-corrected chi connectivity index (χ2v) is 7.88. The van der Waals surface area contributed by atoms with Gasteiger partial charge in [-0.05, 0) is 44.0 Å². The van der Waals surface area contributed by atoms with Crippen molar-refractivity contribution < 1.29 is 4.79 Å². The fourth-order valence-electron chi connectivity index (χ4n) is 3.61. The standard InChI is InChI=1S/C22H24N8O2/c1-14-5-3-7-19(25-14)28-10-4-6-17(22(28)32)26-16-11-20(23-2)30-24-12-18(29(30)13-16)21(31)27-15-8-9-15/h3-7,10-13,15,18,23,26H,8-9H2,1-2H3,(H,27,31). The molecule has 2 aromatic heterocycles. The highest BCUT2D eigenvalue weighted by atomic mass is 16.2. The van der Waals surface area contributed by atoms with Crippen LogP contribution in [-0.4, -0.2) is 50.9 Å². The van der Waals surface area contributed by atoms with E-state index in [-0.39, 0.29) is 17.5 Å². The number of hydrogen-bond acceptors (Lipinski definition) is 8. The Morgan fingerprint density at radius 1 is 1.19 bits per heavy atom. The molecule has 3 N–H and O–H groups in total. The maximum atomic E-state index is 13.1. The van der Waals surface area contributed by atoms with E-state index in [1.807, 2.05) is 25.1 Å². The van der Waals surface area contributed by atoms with Crippen molar-refractivity contribution in [2.24, 2.45) is 5.10 Å². The van der Waals surface area contributed by atoms with Gasteiger partial charge in [0.1, 0.15) is 17.3 Å². The predicted octanol–water partition coefficient (Wildman–Crippen LogP) is 1.03. The van der Waals surface area contributed by atoms with Crippen LogP contribution in [-0.2, 0) is 4.79 Å². The zero-order valence-corrected chi connectivity index (χ0v) is 17.8. The topological polar surface area (TPSA) is 107 Å². The lowest BCUT2D eigenvalue weighted by molar-refractivity contribution is -0.126. The Bertz CT molecular complexity index is 1210. The molecule has 1 aliphatic carbocycles. The Labute approximate surface area is 184 Å². The number of aryl methyl sites for hydroxylation is 1. The predicted molar refractivity (Wildman–Crippen MR) is 121 cm³/mol. The minimum Gasteiger partial charge on any atom is -0.372 e. The van der Waals surface area contributed by atoms with Gasteiger partial charge in [-0.1, -0.05) is 6.07 Å². The molecular formula is C22H24N8O2. The molecule has 4 heterocycles. The van der Waals surface area contributed by atoms with Crippen LogP contribution in [0.3, 0.4) is 0 Å². The number of nitrogens with one attached hydrogen (secondary N) is 3. The van der Waals surface area contributed by atoms with Gasteiger partial charge in [-0.3, -0.25) is 19.2 Å². The molecule has 1 amide bonds. The summed E-state index contributed by atoms with van der Waals surface area (Å²) in [6, 6.07) is 8.74. The van der Waals surface area contributed by atoms with Crippen LogP contribution >= 0.6 is 0 Å². The van der Waals surface area contributed by atoms with Crippen molar-refractivity contribution >= 4 is 17.8 Å². The lowest BCUT2D eigenvalue weighted by Gasteiger charge is -2.34. The van der Waals surface area contributed by atoms with Crippen LogP contribution in [0.5, 0.6) is 0 Å². The molecular weight excluding hydrogens is 408 g/mol. The summed E-state index contributed by atoms with van der Waals surface area (Å²) in [5, 5.41) is 17.0. The molecule has 164 valence electrons. The summed E-state index contributed by atoms with van der Waals surface area (Å²) >= 11 is 0. The number of hydrogen-bond donors (Lipinski definition) is 3. The van der Waals surface area contributed by atoms with E-state index in [9.17, 15) is 9.59 Å². The maximum Gasteiger partial charge on any atom is 0.279 e. The van der Waals surface area contributed by atoms with Crippen molar-refractivity contribution in [1.82, 2.24) is 30.3 Å². The number of aromatic nitrogens is 2. The van der Waals surface area contributed by atoms with Gasteiger partial charge in [0.25, 0.3) is 11.5 Å². The number of carbonyl (C=O) groups excluding carboxylic acids is 1. The SMILES string of the molecule is CNC1=CC(Nc2cccn(-c3cccc(C)n3)c2=O)=CN2C(C(=O)NC3CC3)C=NN12. The molecule has 0 bridgehead atoms. The first kappa shape index (κ1) is 19.9. The van der Waals surface area contributed by atoms with Gasteiger partial charge in [0.05, 0.1) is 11.9 Å². The van der Waals surface area contributed by atoms with Crippen molar-refractivity contribution in [3.63, 3.8) is 0 Å². The molecule has 1 atom stereocenters. The Balaban J connectivity index is 1.43. The summed E-state index contributed by atoms with van der Waals surface area (Å²) in [5.41, 5.74) is 1.64. The van der Waals surface area contributed by atoms with E-state index in [2.05, 4.69) is 26.0 Å². The van der Waals surface area contributed by atoms with Crippen LogP contribution < -0.4 is 21.5 Å². The normalized spacial score (nSPS) is 19.2. The second-order valence-electron chi connectivity index (χ2n) is 7.88. The Morgan fingerprint density at radius 2 is 2.03 bits per heavy atom. The van der Waals surface area contributed by atoms with Crippen molar-refractivity contribution in [2.45, 2.75) is 31.8 Å². The number of anilines is 1. The van der Waals surface area contributed by atoms with E-state index < -0.39 is 6.04 Å². The van der Waals surface area contributed by atoms with Gasteiger partial charge >= 0.3 is 0 Å². The summed E-state index contributed by atoms with van der Waals surface area (Å²) in [4.78, 5) is 30.2. The number of hydrazine groups is 1. The minimum absolute atomic E-state index is 0.0979. The number of fused-ring (bicyclic) bond motifs is 1. The highest BCUT2D eigenvalue weighted by Gasteiger charge is 2.37. The molecule has 10 heteroatoms. The lowest BCUT2D eigenvalue weighted by atomic mass is 10.2. The number of nitrogens with zero attached hydrogens (tertiary/aromatic N) is 5. The van der Waals surface area contributed by atoms with Crippen molar-refractivity contribution in [3.8, 4) is 5.82 Å². The monoisotopic (exact) mass is 432 g/mol. The van der Waals surface area contributed by atoms with Crippen LogP contribution in [0.15, 0.2) is 70.2 Å². The van der Waals surface area contributed by atoms with Gasteiger partial charge in [0.2, 0.25) is 0 Å². The third kappa shape index (κ3) is 3.70. The highest BCUT2D eigenvalue weighted by molar-refractivity contribution is 5.98. The third-order valence-corrected chi connectivity index (χ3v) is 5.40. The van der Waals surface area contributed by atoms with Gasteiger partial charge in [0.15, 0.2) is 6.04 Å². The van der Waals surface area contributed by atoms with Gasteiger partial charge < -0.3 is 16.0 Å². The molecule has 0 aromatic carbocycles. The van der Waals surface area contributed by atoms with Crippen LogP contribution in [0.2, 0.25) is 0 Å². The zero-order valence-electron chi connectivity index (χ0n) is 17.8. The van der Waals surface area contributed by atoms with E-state index in [4.69, 9.17) is 0 Å². The molecule has 1 fully saturated rings. The maximum absolute atomic E-state index is 13.1. The summed E-state index contributed by atoms with van der Waals surface area (Å²) < 4.78 is 1.50. The van der Waals surface area contributed by atoms with Crippen LogP contribution in [0.4, 0.5) is 5.69 Å². The Morgan fingerprint density at radius 3 is 2.78 bits per heavy atom. The summed E-state index contributed by atoms with van der Waals surface area (Å²) in [5.74, 6) is 1.13. The first-order valence-corrected chi connectivity index (χ1v) is 10.5. The molecule has 2 aliphatic heterocycles. The average Bonchev–Trinajstić information content (AvgIpc) is 3.49. The van der Waals surface area contributed by atoms with E-state index in [1.54, 1.807) is 54.0 Å². The molecule has 32 heavy (non-hydrogen) atoms. The second kappa shape index (κ2) is 7.88. The quantitative estimate of drug-likeness (QED) is 0.626. The van der Waals surface area contributed by atoms with Gasteiger partial charge in [-0.15, -0.1) is 0 Å². The smallest absolute Gasteiger partial charge is 0.279 e. The van der Waals surface area contributed by atoms with Crippen LogP contribution in [0.1, 0.15) is 18.5 Å². The average molecular weight is 432 g/mol. The summed E-state index contributed by atoms with van der Waals surface area (Å²) in [6.45, 7) is 1.88. The lowest BCUT2D eigenvalue weighted by Crippen LogP contribution is -2.49. The van der Waals surface area contributed by atoms with Crippen molar-refractivity contribution in [3.05, 3.63) is 76.4 Å². The van der Waals surface area contributed by atoms with Gasteiger partial charge in [0, 0.05) is 37.3 Å². The molecule has 3 aliphatic rings. The molecule has 2 aromatic rings. The number of carbonyl (C=O) groups is 1. The molecule has 0 spiro atoms. The molecule has 0 saturated heterocycles. The van der Waals surface area contributed by atoms with E-state index in [0.29, 0.717) is 23.0 Å². The van der Waals surface area contributed by atoms with Gasteiger partial charge in [-0.2, -0.15) is 10.2 Å². The molecule has 1 saturated carbocycles. The highest BCUT2D eigenvalue weighted by Crippen LogP contribution is 2.26. The van der Waals surface area contributed by atoms with Crippen LogP contribution in [0, 0.1) is 6.92 Å². The molecule has 1 unspecified atom stereocenters. The van der Waals surface area contributed by atoms with Crippen molar-refractivity contribution in [2.75, 3.05) is 12.4 Å². The first-order chi connectivity index (χ1) is 15.5. The summed E-state index contributed by atoms with van der Waals surface area (Å²) in [7, 11) is 1.78. The third-order valence-electron chi connectivity index (χ3n) is 5.40. The first-order valence-electron chi connectivity index (χ1n) is 10.5. The van der Waals surface area contributed by atoms with E-state index >= 15 is 0 Å². The minimum atomic E-state index is -0.562. The number of rotatable bonds is 6. The van der Waals surface area contributed by atoms with E-state index in [1.165, 1.54) is 4.57 Å². The zero-order chi connectivity index (χ0) is 22.2. The summed E-state index contributed by atoms with van der Waals surface area (Å²) in [6.07, 6.45) is 8.93. The fraction of sp³-hybridized carbons (Fsp3) is 0.273. The Kier molecular flexibility index (Phi) is 4.89. The molecule has 10 nitrogen and oxygen atoms in total. The largest absolute Gasteiger partial charge is 0.372 e. The number of pyridine rings is 2. The van der Waals surface area contributed by atoms with Crippen LogP contribution in [0.25, 0.3) is 5.82 Å². The molecule has 5 rings (SSSR count). The number of amides is 1. The van der Waals surface area contributed by atoms with E-state index in [0.717, 1.165) is 18.5 Å². The van der Waals surface area contributed by atoms with Gasteiger partial charge in [-0.25, -0.2) is 4.98 Å². The van der Waals surface area contributed by atoms with Crippen molar-refractivity contribution in [1.29, 1.82) is 0 Å². The number of hydrazone groups is 1.